The molecule has 0 saturated heterocycles. The van der Waals surface area contributed by atoms with Crippen LogP contribution in [0.5, 0.6) is 0 Å². The van der Waals surface area contributed by atoms with Gasteiger partial charge in [-0.25, -0.2) is 0 Å². The molecule has 0 amide bonds. The molecule has 0 rings (SSSR count). The van der Waals surface area contributed by atoms with Crippen molar-refractivity contribution in [1.82, 2.24) is 4.34 Å². The summed E-state index contributed by atoms with van der Waals surface area (Å²) in [6.45, 7) is 4.04. The van der Waals surface area contributed by atoms with Crippen LogP contribution in [0.25, 0.3) is 0 Å². The molecule has 0 aliphatic rings. The third-order valence-electron chi connectivity index (χ3n) is 1.71. The zero-order valence-electron chi connectivity index (χ0n) is 7.83. The van der Waals surface area contributed by atoms with Crippen LogP contribution < -0.4 is 4.34 Å². The van der Waals surface area contributed by atoms with Gasteiger partial charge in [-0.1, -0.05) is 13.8 Å². The summed E-state index contributed by atoms with van der Waals surface area (Å²) in [5, 5.41) is 17.9. The molecule has 0 radical (unpaired) electrons. The van der Waals surface area contributed by atoms with E-state index >= 15 is 0 Å². The van der Waals surface area contributed by atoms with Gasteiger partial charge in [-0.3, -0.25) is 9.14 Å². The predicted molar refractivity (Wildman–Crippen MR) is 53.6 cm³/mol. The number of aliphatic hydroxyl groups excluding tert-OH is 1. The lowest BCUT2D eigenvalue weighted by atomic mass is 9.98. The Hall–Kier alpha value is -0.130. The molecule has 0 saturated carbocycles. The standard InChI is InChI=1S/C8H16BrNO3/c1-5(2)3-6(10-9)7(11)4-8(12)13/h5-7,10-11H,3-4H2,1-2H3,(H,12,13)/t6-,7-/m0/s1. The molecule has 5 heteroatoms. The van der Waals surface area contributed by atoms with Crippen LogP contribution in [0.4, 0.5) is 0 Å². The van der Waals surface area contributed by atoms with Gasteiger partial charge < -0.3 is 10.2 Å². The second kappa shape index (κ2) is 6.34. The van der Waals surface area contributed by atoms with Crippen molar-refractivity contribution in [3.05, 3.63) is 0 Å². The average molecular weight is 254 g/mol. The van der Waals surface area contributed by atoms with E-state index in [1.165, 1.54) is 0 Å². The Morgan fingerprint density at radius 2 is 2.08 bits per heavy atom. The molecule has 0 aliphatic carbocycles. The van der Waals surface area contributed by atoms with E-state index < -0.39 is 12.1 Å². The molecular formula is C8H16BrNO3. The molecule has 0 bridgehead atoms. The molecule has 0 aromatic heterocycles. The highest BCUT2D eigenvalue weighted by Gasteiger charge is 2.21. The minimum Gasteiger partial charge on any atom is -0.481 e. The monoisotopic (exact) mass is 253 g/mol. The SMILES string of the molecule is CC(C)C[C@H](NBr)[C@@H](O)CC(=O)O. The van der Waals surface area contributed by atoms with Crippen molar-refractivity contribution >= 4 is 22.1 Å². The van der Waals surface area contributed by atoms with Crippen LogP contribution in [0.1, 0.15) is 26.7 Å². The van der Waals surface area contributed by atoms with Gasteiger partial charge in [0.2, 0.25) is 0 Å². The van der Waals surface area contributed by atoms with Crippen molar-refractivity contribution in [2.24, 2.45) is 5.92 Å². The Morgan fingerprint density at radius 3 is 2.38 bits per heavy atom. The van der Waals surface area contributed by atoms with E-state index in [2.05, 4.69) is 20.5 Å². The number of carbonyl (C=O) groups is 1. The van der Waals surface area contributed by atoms with Gasteiger partial charge in [0.05, 0.1) is 12.5 Å². The molecule has 4 nitrogen and oxygen atoms in total. The number of nitrogens with one attached hydrogen (secondary N) is 1. The van der Waals surface area contributed by atoms with Crippen molar-refractivity contribution in [2.45, 2.75) is 38.8 Å². The number of hydrogen-bond acceptors (Lipinski definition) is 3. The minimum absolute atomic E-state index is 0.212. The van der Waals surface area contributed by atoms with Crippen LogP contribution in [-0.2, 0) is 4.79 Å². The van der Waals surface area contributed by atoms with Crippen LogP contribution in [0.2, 0.25) is 0 Å². The van der Waals surface area contributed by atoms with E-state index in [0.717, 1.165) is 6.42 Å². The maximum Gasteiger partial charge on any atom is 0.306 e. The van der Waals surface area contributed by atoms with Gasteiger partial charge in [0, 0.05) is 22.2 Å². The number of carboxylic acids is 1. The molecule has 2 atom stereocenters. The van der Waals surface area contributed by atoms with Gasteiger partial charge >= 0.3 is 5.97 Å². The molecule has 78 valence electrons. The highest BCUT2D eigenvalue weighted by atomic mass is 79.9. The van der Waals surface area contributed by atoms with Crippen molar-refractivity contribution in [3.63, 3.8) is 0 Å². The lowest BCUT2D eigenvalue weighted by Gasteiger charge is -2.21. The number of rotatable bonds is 6. The Kier molecular flexibility index (Phi) is 6.28. The smallest absolute Gasteiger partial charge is 0.306 e. The Morgan fingerprint density at radius 1 is 1.54 bits per heavy atom. The van der Waals surface area contributed by atoms with Gasteiger partial charge in [-0.15, -0.1) is 0 Å². The van der Waals surface area contributed by atoms with Gasteiger partial charge in [-0.05, 0) is 12.3 Å². The molecule has 0 aromatic carbocycles. The maximum absolute atomic E-state index is 10.3. The highest BCUT2D eigenvalue weighted by Crippen LogP contribution is 2.11. The molecular weight excluding hydrogens is 238 g/mol. The van der Waals surface area contributed by atoms with Crippen molar-refractivity contribution in [2.75, 3.05) is 0 Å². The number of carboxylic acid groups (broad SMARTS) is 1. The summed E-state index contributed by atoms with van der Waals surface area (Å²) in [5.74, 6) is -0.567. The molecule has 0 spiro atoms. The molecule has 0 unspecified atom stereocenters. The number of hydrogen-bond donors (Lipinski definition) is 3. The van der Waals surface area contributed by atoms with E-state index in [9.17, 15) is 9.90 Å². The molecule has 13 heavy (non-hydrogen) atoms. The summed E-state index contributed by atoms with van der Waals surface area (Å²) >= 11 is 3.03. The van der Waals surface area contributed by atoms with Gasteiger partial charge in [0.1, 0.15) is 0 Å². The fourth-order valence-corrected chi connectivity index (χ4v) is 1.60. The summed E-state index contributed by atoms with van der Waals surface area (Å²) in [4.78, 5) is 10.3. The van der Waals surface area contributed by atoms with E-state index in [1.54, 1.807) is 0 Å². The van der Waals surface area contributed by atoms with E-state index in [-0.39, 0.29) is 12.5 Å². The van der Waals surface area contributed by atoms with Crippen LogP contribution in [0.3, 0.4) is 0 Å². The van der Waals surface area contributed by atoms with Crippen LogP contribution in [-0.4, -0.2) is 28.3 Å². The minimum atomic E-state index is -0.982. The Labute approximate surface area is 86.7 Å². The van der Waals surface area contributed by atoms with Gasteiger partial charge in [-0.2, -0.15) is 0 Å². The Bertz CT molecular complexity index is 163. The zero-order valence-corrected chi connectivity index (χ0v) is 9.41. The molecule has 0 fully saturated rings. The molecule has 0 heterocycles. The first-order valence-electron chi connectivity index (χ1n) is 4.23. The van der Waals surface area contributed by atoms with Crippen molar-refractivity contribution < 1.29 is 15.0 Å². The largest absolute Gasteiger partial charge is 0.481 e. The third-order valence-corrected chi connectivity index (χ3v) is 2.30. The second-order valence-electron chi connectivity index (χ2n) is 3.51. The summed E-state index contributed by atoms with van der Waals surface area (Å²) in [5.41, 5.74) is 0. The number of halogens is 1. The summed E-state index contributed by atoms with van der Waals surface area (Å²) < 4.78 is 2.74. The van der Waals surface area contributed by atoms with Gasteiger partial charge in [0.15, 0.2) is 0 Å². The molecule has 0 aromatic rings. The van der Waals surface area contributed by atoms with E-state index in [4.69, 9.17) is 5.11 Å². The first-order valence-corrected chi connectivity index (χ1v) is 5.02. The summed E-state index contributed by atoms with van der Waals surface area (Å²) in [6, 6.07) is -0.212. The first kappa shape index (κ1) is 12.9. The number of aliphatic carboxylic acids is 1. The van der Waals surface area contributed by atoms with Crippen LogP contribution in [0.15, 0.2) is 0 Å². The maximum atomic E-state index is 10.3. The van der Waals surface area contributed by atoms with Gasteiger partial charge in [0.25, 0.3) is 0 Å². The fraction of sp³-hybridized carbons (Fsp3) is 0.875. The van der Waals surface area contributed by atoms with E-state index in [0.29, 0.717) is 5.92 Å². The van der Waals surface area contributed by atoms with E-state index in [1.807, 2.05) is 13.8 Å². The van der Waals surface area contributed by atoms with Crippen molar-refractivity contribution in [3.8, 4) is 0 Å². The van der Waals surface area contributed by atoms with Crippen molar-refractivity contribution in [1.29, 1.82) is 0 Å². The zero-order chi connectivity index (χ0) is 10.4. The fourth-order valence-electron chi connectivity index (χ4n) is 1.10. The molecule has 0 aliphatic heterocycles. The van der Waals surface area contributed by atoms with Crippen LogP contribution in [0, 0.1) is 5.92 Å². The highest BCUT2D eigenvalue weighted by molar-refractivity contribution is 9.08. The van der Waals surface area contributed by atoms with Crippen LogP contribution >= 0.6 is 16.1 Å². The normalized spacial score (nSPS) is 15.8. The lowest BCUT2D eigenvalue weighted by molar-refractivity contribution is -0.139. The average Bonchev–Trinajstić information content (AvgIpc) is 1.98. The number of aliphatic hydroxyl groups is 1. The summed E-state index contributed by atoms with van der Waals surface area (Å²) in [6.07, 6.45) is -0.338. The quantitative estimate of drug-likeness (QED) is 0.621. The second-order valence-corrected chi connectivity index (χ2v) is 3.97. The molecule has 3 N–H and O–H groups in total. The summed E-state index contributed by atoms with van der Waals surface area (Å²) in [7, 11) is 0. The predicted octanol–water partition coefficient (Wildman–Crippen LogP) is 1.14. The lowest BCUT2D eigenvalue weighted by Crippen LogP contribution is -2.37. The third kappa shape index (κ3) is 6.01. The Balaban J connectivity index is 3.98. The first-order chi connectivity index (χ1) is 5.97. The topological polar surface area (TPSA) is 69.6 Å².